The number of hydrogen-bond acceptors (Lipinski definition) is 2. The van der Waals surface area contributed by atoms with E-state index < -0.39 is 0 Å². The fourth-order valence-electron chi connectivity index (χ4n) is 5.54. The second-order valence-corrected chi connectivity index (χ2v) is 7.44. The molecule has 5 atom stereocenters. The van der Waals surface area contributed by atoms with Gasteiger partial charge >= 0.3 is 0 Å². The van der Waals surface area contributed by atoms with E-state index in [1.165, 1.54) is 30.4 Å². The van der Waals surface area contributed by atoms with Crippen LogP contribution in [0.25, 0.3) is 0 Å². The number of benzene rings is 1. The van der Waals surface area contributed by atoms with Crippen molar-refractivity contribution in [3.63, 3.8) is 0 Å². The Bertz CT molecular complexity index is 544. The molecule has 2 nitrogen and oxygen atoms in total. The van der Waals surface area contributed by atoms with Crippen molar-refractivity contribution in [2.24, 2.45) is 17.3 Å². The molecule has 3 heteroatoms. The normalized spacial score (nSPS) is 40.7. The molecular formula is C18H24AcO2. The van der Waals surface area contributed by atoms with E-state index >= 15 is 0 Å². The van der Waals surface area contributed by atoms with Crippen molar-refractivity contribution in [2.45, 2.75) is 57.5 Å². The number of aliphatic hydroxyl groups is 1. The van der Waals surface area contributed by atoms with Gasteiger partial charge in [0.25, 0.3) is 0 Å². The number of phenolic OH excluding ortho intramolecular Hbond substituents is 1. The van der Waals surface area contributed by atoms with Crippen LogP contribution in [-0.4, -0.2) is 16.3 Å². The fourth-order valence-corrected chi connectivity index (χ4v) is 5.54. The molecular weight excluding hydrogens is 475 g/mol. The molecule has 0 saturated heterocycles. The van der Waals surface area contributed by atoms with Gasteiger partial charge in [0, 0.05) is 44.1 Å². The number of phenols is 1. The minimum atomic E-state index is -0.0883. The predicted molar refractivity (Wildman–Crippen MR) is 78.7 cm³/mol. The average Bonchev–Trinajstić information content (AvgIpc) is 2.74. The number of aliphatic hydroxyl groups excluding tert-OH is 1. The van der Waals surface area contributed by atoms with Crippen LogP contribution >= 0.6 is 0 Å². The smallest absolute Gasteiger partial charge is 0.115 e. The largest absolute Gasteiger partial charge is 0.508 e. The van der Waals surface area contributed by atoms with Crippen molar-refractivity contribution in [2.75, 3.05) is 0 Å². The number of aromatic hydroxyl groups is 1. The number of fused-ring (bicyclic) bond motifs is 5. The van der Waals surface area contributed by atoms with Crippen molar-refractivity contribution in [3.8, 4) is 5.75 Å². The SMILES string of the molecule is CC12CCC3c4ccc(O)cc4CCC3C1CCC2O.[Ac]. The first-order valence-electron chi connectivity index (χ1n) is 8.09. The zero-order valence-electron chi connectivity index (χ0n) is 12.8. The van der Waals surface area contributed by atoms with E-state index in [-0.39, 0.29) is 55.6 Å². The van der Waals surface area contributed by atoms with Crippen LogP contribution in [0.4, 0.5) is 0 Å². The van der Waals surface area contributed by atoms with E-state index in [1.54, 1.807) is 0 Å². The molecule has 1 aromatic rings. The van der Waals surface area contributed by atoms with Gasteiger partial charge in [-0.25, -0.2) is 0 Å². The molecule has 0 spiro atoms. The van der Waals surface area contributed by atoms with Crippen molar-refractivity contribution in [3.05, 3.63) is 29.3 Å². The molecule has 0 heterocycles. The van der Waals surface area contributed by atoms with Crippen LogP contribution in [0.5, 0.6) is 5.75 Å². The topological polar surface area (TPSA) is 40.5 Å². The third kappa shape index (κ3) is 2.43. The fraction of sp³-hybridized carbons (Fsp3) is 0.667. The Morgan fingerprint density at radius 2 is 1.95 bits per heavy atom. The third-order valence-electron chi connectivity index (χ3n) is 6.66. The molecule has 21 heavy (non-hydrogen) atoms. The van der Waals surface area contributed by atoms with Gasteiger partial charge in [-0.2, -0.15) is 0 Å². The monoisotopic (exact) mass is 499 g/mol. The van der Waals surface area contributed by atoms with Gasteiger partial charge in [0.2, 0.25) is 0 Å². The molecule has 0 aliphatic heterocycles. The minimum absolute atomic E-state index is 0. The van der Waals surface area contributed by atoms with Gasteiger partial charge in [0.1, 0.15) is 5.75 Å². The quantitative estimate of drug-likeness (QED) is 0.573. The Labute approximate surface area is 162 Å². The molecule has 0 amide bonds. The Kier molecular flexibility index (Phi) is 4.50. The number of rotatable bonds is 0. The van der Waals surface area contributed by atoms with Crippen molar-refractivity contribution in [1.82, 2.24) is 0 Å². The summed E-state index contributed by atoms with van der Waals surface area (Å²) in [6, 6.07) is 5.96. The molecule has 3 aliphatic carbocycles. The first-order chi connectivity index (χ1) is 9.59. The van der Waals surface area contributed by atoms with Crippen LogP contribution in [0.2, 0.25) is 0 Å². The maximum atomic E-state index is 10.4. The van der Waals surface area contributed by atoms with E-state index in [4.69, 9.17) is 0 Å². The van der Waals surface area contributed by atoms with Gasteiger partial charge in [-0.15, -0.1) is 0 Å². The van der Waals surface area contributed by atoms with Gasteiger partial charge < -0.3 is 10.2 Å². The summed E-state index contributed by atoms with van der Waals surface area (Å²) < 4.78 is 0. The maximum Gasteiger partial charge on any atom is 0.115 e. The first-order valence-corrected chi connectivity index (χ1v) is 8.09. The van der Waals surface area contributed by atoms with Gasteiger partial charge in [0.15, 0.2) is 0 Å². The second-order valence-electron chi connectivity index (χ2n) is 7.44. The summed E-state index contributed by atoms with van der Waals surface area (Å²) in [5.74, 6) is 2.49. The van der Waals surface area contributed by atoms with E-state index in [0.29, 0.717) is 17.6 Å². The molecule has 5 unspecified atom stereocenters. The Morgan fingerprint density at radius 3 is 2.76 bits per heavy atom. The van der Waals surface area contributed by atoms with Crippen molar-refractivity contribution < 1.29 is 54.3 Å². The second kappa shape index (κ2) is 5.81. The molecule has 2 N–H and O–H groups in total. The van der Waals surface area contributed by atoms with Crippen molar-refractivity contribution in [1.29, 1.82) is 0 Å². The summed E-state index contributed by atoms with van der Waals surface area (Å²) >= 11 is 0. The van der Waals surface area contributed by atoms with Gasteiger partial charge in [-0.05, 0) is 85.0 Å². The van der Waals surface area contributed by atoms with Gasteiger partial charge in [-0.3, -0.25) is 0 Å². The average molecular weight is 499 g/mol. The molecule has 1 aromatic carbocycles. The third-order valence-corrected chi connectivity index (χ3v) is 6.66. The van der Waals surface area contributed by atoms with Crippen LogP contribution < -0.4 is 0 Å². The summed E-state index contributed by atoms with van der Waals surface area (Å²) in [7, 11) is 0. The zero-order chi connectivity index (χ0) is 13.9. The molecule has 111 valence electrons. The summed E-state index contributed by atoms with van der Waals surface area (Å²) in [6.45, 7) is 2.32. The number of hydrogen-bond donors (Lipinski definition) is 2. The Morgan fingerprint density at radius 1 is 1.14 bits per heavy atom. The van der Waals surface area contributed by atoms with E-state index in [9.17, 15) is 10.2 Å². The summed E-state index contributed by atoms with van der Waals surface area (Å²) in [6.07, 6.45) is 6.78. The summed E-state index contributed by atoms with van der Waals surface area (Å²) in [5.41, 5.74) is 2.99. The van der Waals surface area contributed by atoms with Crippen molar-refractivity contribution >= 4 is 0 Å². The molecule has 4 rings (SSSR count). The molecule has 3 aliphatic rings. The first kappa shape index (κ1) is 16.3. The molecule has 0 aromatic heterocycles. The van der Waals surface area contributed by atoms with Crippen LogP contribution in [0.3, 0.4) is 0 Å². The molecule has 1 radical (unpaired) electrons. The van der Waals surface area contributed by atoms with E-state index in [2.05, 4.69) is 13.0 Å². The van der Waals surface area contributed by atoms with Crippen LogP contribution in [0.1, 0.15) is 56.1 Å². The molecule has 2 saturated carbocycles. The maximum absolute atomic E-state index is 10.4. The van der Waals surface area contributed by atoms with Crippen LogP contribution in [0, 0.1) is 61.3 Å². The van der Waals surface area contributed by atoms with E-state index in [1.807, 2.05) is 12.1 Å². The summed E-state index contributed by atoms with van der Waals surface area (Å²) in [4.78, 5) is 0. The van der Waals surface area contributed by atoms with Crippen LogP contribution in [0.15, 0.2) is 18.2 Å². The van der Waals surface area contributed by atoms with Gasteiger partial charge in [-0.1, -0.05) is 13.0 Å². The zero-order valence-corrected chi connectivity index (χ0v) is 17.5. The van der Waals surface area contributed by atoms with Gasteiger partial charge in [0.05, 0.1) is 6.10 Å². The number of aryl methyl sites for hydroxylation is 1. The Balaban J connectivity index is 0.00000132. The molecule has 2 fully saturated rings. The van der Waals surface area contributed by atoms with Crippen LogP contribution in [-0.2, 0) is 6.42 Å². The molecule has 0 bridgehead atoms. The Hall–Kier alpha value is 0.422. The predicted octanol–water partition coefficient (Wildman–Crippen LogP) is 3.61. The van der Waals surface area contributed by atoms with E-state index in [0.717, 1.165) is 25.2 Å². The summed E-state index contributed by atoms with van der Waals surface area (Å²) in [5, 5.41) is 20.0. The minimum Gasteiger partial charge on any atom is -0.508 e. The standard InChI is InChI=1S/C18H24O2.Ac/c1-18-9-8-14-13-5-3-12(19)10-11(13)2-4-15(14)16(18)6-7-17(18)20;/h3,5,10,14-17,19-20H,2,4,6-9H2,1H3;.